The van der Waals surface area contributed by atoms with Gasteiger partial charge in [0, 0.05) is 18.2 Å². The number of carbonyl (C=O) groups excluding carboxylic acids is 1. The van der Waals surface area contributed by atoms with Crippen LogP contribution in [0.3, 0.4) is 0 Å². The molecular formula is C12H14FNO3S. The van der Waals surface area contributed by atoms with Crippen molar-refractivity contribution in [2.24, 2.45) is 0 Å². The lowest BCUT2D eigenvalue weighted by Gasteiger charge is -2.33. The molecule has 1 unspecified atom stereocenters. The average molecular weight is 271 g/mol. The molecule has 1 aliphatic heterocycles. The summed E-state index contributed by atoms with van der Waals surface area (Å²) in [5, 5.41) is 0. The smallest absolute Gasteiger partial charge is 0.254 e. The molecule has 4 nitrogen and oxygen atoms in total. The van der Waals surface area contributed by atoms with Crippen LogP contribution in [0.25, 0.3) is 0 Å². The number of hydrogen-bond donors (Lipinski definition) is 0. The Labute approximate surface area is 105 Å². The Bertz CT molecular complexity index is 553. The van der Waals surface area contributed by atoms with Crippen LogP contribution in [0.4, 0.5) is 4.39 Å². The highest BCUT2D eigenvalue weighted by atomic mass is 32.2. The zero-order valence-corrected chi connectivity index (χ0v) is 10.8. The second kappa shape index (κ2) is 4.68. The summed E-state index contributed by atoms with van der Waals surface area (Å²) in [7, 11) is -3.04. The molecular weight excluding hydrogens is 257 g/mol. The molecule has 18 heavy (non-hydrogen) atoms. The molecule has 1 saturated heterocycles. The van der Waals surface area contributed by atoms with Gasteiger partial charge >= 0.3 is 0 Å². The third-order valence-corrected chi connectivity index (χ3v) is 4.82. The Hall–Kier alpha value is -1.43. The van der Waals surface area contributed by atoms with Crippen molar-refractivity contribution in [1.82, 2.24) is 4.90 Å². The lowest BCUT2D eigenvalue weighted by molar-refractivity contribution is 0.0712. The first kappa shape index (κ1) is 13.0. The number of carbonyl (C=O) groups is 1. The second-order valence-electron chi connectivity index (χ2n) is 4.47. The van der Waals surface area contributed by atoms with Gasteiger partial charge in [-0.3, -0.25) is 4.79 Å². The highest BCUT2D eigenvalue weighted by Gasteiger charge is 2.31. The van der Waals surface area contributed by atoms with E-state index in [0.717, 1.165) is 0 Å². The molecule has 1 aromatic carbocycles. The van der Waals surface area contributed by atoms with E-state index in [2.05, 4.69) is 0 Å². The number of benzene rings is 1. The van der Waals surface area contributed by atoms with Crippen LogP contribution in [0.1, 0.15) is 17.3 Å². The third kappa shape index (κ3) is 2.69. The minimum absolute atomic E-state index is 0.00965. The molecule has 1 fully saturated rings. The summed E-state index contributed by atoms with van der Waals surface area (Å²) >= 11 is 0. The maximum atomic E-state index is 12.8. The number of sulfone groups is 1. The molecule has 1 aliphatic rings. The second-order valence-corrected chi connectivity index (χ2v) is 6.70. The van der Waals surface area contributed by atoms with Gasteiger partial charge in [-0.2, -0.15) is 0 Å². The highest BCUT2D eigenvalue weighted by molar-refractivity contribution is 7.91. The van der Waals surface area contributed by atoms with E-state index < -0.39 is 15.7 Å². The maximum absolute atomic E-state index is 12.8. The van der Waals surface area contributed by atoms with Gasteiger partial charge in [-0.15, -0.1) is 0 Å². The quantitative estimate of drug-likeness (QED) is 0.768. The molecule has 1 heterocycles. The first-order chi connectivity index (χ1) is 8.39. The van der Waals surface area contributed by atoms with Gasteiger partial charge in [0.05, 0.1) is 11.5 Å². The van der Waals surface area contributed by atoms with Crippen molar-refractivity contribution in [3.8, 4) is 0 Å². The van der Waals surface area contributed by atoms with E-state index in [4.69, 9.17) is 0 Å². The largest absolute Gasteiger partial charge is 0.334 e. The van der Waals surface area contributed by atoms with Gasteiger partial charge in [-0.05, 0) is 31.2 Å². The van der Waals surface area contributed by atoms with Gasteiger partial charge in [0.2, 0.25) is 0 Å². The van der Waals surface area contributed by atoms with Gasteiger partial charge in [0.25, 0.3) is 5.91 Å². The Balaban J connectivity index is 2.17. The predicted octanol–water partition coefficient (Wildman–Crippen LogP) is 1.08. The van der Waals surface area contributed by atoms with Crippen molar-refractivity contribution in [2.75, 3.05) is 18.1 Å². The molecule has 0 saturated carbocycles. The Morgan fingerprint density at radius 1 is 1.33 bits per heavy atom. The molecule has 1 atom stereocenters. The molecule has 0 radical (unpaired) electrons. The van der Waals surface area contributed by atoms with Gasteiger partial charge in [0.1, 0.15) is 5.82 Å². The summed E-state index contributed by atoms with van der Waals surface area (Å²) in [4.78, 5) is 13.7. The van der Waals surface area contributed by atoms with E-state index >= 15 is 0 Å². The standard InChI is InChI=1S/C12H14FNO3S/c1-9-8-18(16,17)7-6-14(9)12(15)10-2-4-11(13)5-3-10/h2-5,9H,6-8H2,1H3. The molecule has 98 valence electrons. The van der Waals surface area contributed by atoms with Crippen molar-refractivity contribution in [2.45, 2.75) is 13.0 Å². The van der Waals surface area contributed by atoms with E-state index in [-0.39, 0.29) is 30.0 Å². The number of nitrogens with zero attached hydrogens (tertiary/aromatic N) is 1. The summed E-state index contributed by atoms with van der Waals surface area (Å²) in [5.41, 5.74) is 0.377. The van der Waals surface area contributed by atoms with E-state index in [0.29, 0.717) is 5.56 Å². The summed E-state index contributed by atoms with van der Waals surface area (Å²) in [5.74, 6) is -0.678. The first-order valence-corrected chi connectivity index (χ1v) is 7.48. The van der Waals surface area contributed by atoms with E-state index in [9.17, 15) is 17.6 Å². The number of halogens is 1. The molecule has 0 aromatic heterocycles. The summed E-state index contributed by atoms with van der Waals surface area (Å²) < 4.78 is 35.6. The van der Waals surface area contributed by atoms with Crippen LogP contribution >= 0.6 is 0 Å². The number of amides is 1. The normalized spacial score (nSPS) is 22.8. The van der Waals surface area contributed by atoms with Crippen LogP contribution in [-0.2, 0) is 9.84 Å². The summed E-state index contributed by atoms with van der Waals surface area (Å²) in [6, 6.07) is 4.92. The van der Waals surface area contributed by atoms with Crippen molar-refractivity contribution in [3.63, 3.8) is 0 Å². The molecule has 0 spiro atoms. The molecule has 0 N–H and O–H groups in total. The fourth-order valence-corrected chi connectivity index (χ4v) is 3.62. The average Bonchev–Trinajstić information content (AvgIpc) is 2.28. The molecule has 1 aromatic rings. The van der Waals surface area contributed by atoms with E-state index in [1.54, 1.807) is 6.92 Å². The van der Waals surface area contributed by atoms with Crippen molar-refractivity contribution in [3.05, 3.63) is 35.6 Å². The Morgan fingerprint density at radius 2 is 1.94 bits per heavy atom. The number of hydrogen-bond acceptors (Lipinski definition) is 3. The van der Waals surface area contributed by atoms with Crippen molar-refractivity contribution in [1.29, 1.82) is 0 Å². The van der Waals surface area contributed by atoms with Crippen LogP contribution in [-0.4, -0.2) is 43.3 Å². The first-order valence-electron chi connectivity index (χ1n) is 5.66. The van der Waals surface area contributed by atoms with Crippen LogP contribution in [0.15, 0.2) is 24.3 Å². The maximum Gasteiger partial charge on any atom is 0.254 e. The van der Waals surface area contributed by atoms with Crippen LogP contribution in [0.2, 0.25) is 0 Å². The Kier molecular flexibility index (Phi) is 3.38. The fourth-order valence-electron chi connectivity index (χ4n) is 2.06. The van der Waals surface area contributed by atoms with E-state index in [1.165, 1.54) is 29.2 Å². The van der Waals surface area contributed by atoms with Crippen molar-refractivity contribution < 1.29 is 17.6 Å². The van der Waals surface area contributed by atoms with Crippen LogP contribution in [0.5, 0.6) is 0 Å². The SMILES string of the molecule is CC1CS(=O)(=O)CCN1C(=O)c1ccc(F)cc1. The zero-order chi connectivity index (χ0) is 13.3. The van der Waals surface area contributed by atoms with Crippen molar-refractivity contribution >= 4 is 15.7 Å². The minimum atomic E-state index is -3.04. The van der Waals surface area contributed by atoms with Gasteiger partial charge in [0.15, 0.2) is 9.84 Å². The molecule has 6 heteroatoms. The van der Waals surface area contributed by atoms with Crippen LogP contribution < -0.4 is 0 Å². The highest BCUT2D eigenvalue weighted by Crippen LogP contribution is 2.15. The fraction of sp³-hybridized carbons (Fsp3) is 0.417. The minimum Gasteiger partial charge on any atom is -0.334 e. The molecule has 2 rings (SSSR count). The topological polar surface area (TPSA) is 54.5 Å². The van der Waals surface area contributed by atoms with Gasteiger partial charge in [-0.1, -0.05) is 0 Å². The Morgan fingerprint density at radius 3 is 2.50 bits per heavy atom. The summed E-state index contributed by atoms with van der Waals surface area (Å²) in [6.07, 6.45) is 0. The third-order valence-electron chi connectivity index (χ3n) is 3.02. The van der Waals surface area contributed by atoms with Gasteiger partial charge in [-0.25, -0.2) is 12.8 Å². The lowest BCUT2D eigenvalue weighted by atomic mass is 10.1. The monoisotopic (exact) mass is 271 g/mol. The van der Waals surface area contributed by atoms with Gasteiger partial charge < -0.3 is 4.90 Å². The zero-order valence-electron chi connectivity index (χ0n) is 9.97. The molecule has 1 amide bonds. The predicted molar refractivity (Wildman–Crippen MR) is 65.6 cm³/mol. The molecule has 0 aliphatic carbocycles. The number of rotatable bonds is 1. The lowest BCUT2D eigenvalue weighted by Crippen LogP contribution is -2.49. The van der Waals surface area contributed by atoms with E-state index in [1.807, 2.05) is 0 Å². The summed E-state index contributed by atoms with van der Waals surface area (Å²) in [6.45, 7) is 1.90. The molecule has 0 bridgehead atoms. The van der Waals surface area contributed by atoms with Crippen LogP contribution in [0, 0.1) is 5.82 Å².